The van der Waals surface area contributed by atoms with Gasteiger partial charge in [0.05, 0.1) is 28.4 Å². The van der Waals surface area contributed by atoms with Crippen molar-refractivity contribution in [3.8, 4) is 16.9 Å². The molecule has 8 nitrogen and oxygen atoms in total. The Hall–Kier alpha value is -4.08. The van der Waals surface area contributed by atoms with E-state index in [4.69, 9.17) is 16.6 Å². The van der Waals surface area contributed by atoms with Gasteiger partial charge in [-0.25, -0.2) is 18.7 Å². The molecule has 1 aliphatic rings. The van der Waals surface area contributed by atoms with Crippen LogP contribution in [0.3, 0.4) is 0 Å². The van der Waals surface area contributed by atoms with Gasteiger partial charge in [0.25, 0.3) is 0 Å². The third-order valence-electron chi connectivity index (χ3n) is 7.73. The highest BCUT2D eigenvalue weighted by Crippen LogP contribution is 2.36. The summed E-state index contributed by atoms with van der Waals surface area (Å²) in [5.74, 6) is -0.246. The normalized spacial score (nSPS) is 15.5. The standard InChI is InChI=1S/C32H33ClFN5O3/c1-6-27(41)37-11-12-38(20(5)16-37)30-24-15-25(33)28(22-9-7-8-10-26(22)34)35-31(24)39(32(42)36-30)29-19(4)13-21(17-40)14-23(29)18(2)3/h6-10,13-15,18,20,40H,1,11-12,16-17H2,2-5H3. The molecule has 1 atom stereocenters. The average Bonchev–Trinajstić information content (AvgIpc) is 2.96. The first-order valence-electron chi connectivity index (χ1n) is 13.9. The monoisotopic (exact) mass is 589 g/mol. The molecule has 2 aromatic heterocycles. The van der Waals surface area contributed by atoms with Crippen molar-refractivity contribution in [2.45, 2.75) is 46.3 Å². The number of benzene rings is 2. The quantitative estimate of drug-likeness (QED) is 0.303. The van der Waals surface area contributed by atoms with Gasteiger partial charge >= 0.3 is 5.69 Å². The Morgan fingerprint density at radius 1 is 1.21 bits per heavy atom. The lowest BCUT2D eigenvalue weighted by molar-refractivity contribution is -0.126. The molecule has 3 heterocycles. The summed E-state index contributed by atoms with van der Waals surface area (Å²) >= 11 is 6.78. The number of aliphatic hydroxyl groups is 1. The smallest absolute Gasteiger partial charge is 0.355 e. The molecule has 1 fully saturated rings. The van der Waals surface area contributed by atoms with Gasteiger partial charge in [0.1, 0.15) is 11.6 Å². The molecule has 1 N–H and O–H groups in total. The summed E-state index contributed by atoms with van der Waals surface area (Å²) in [7, 11) is 0. The lowest BCUT2D eigenvalue weighted by atomic mass is 9.95. The fourth-order valence-corrected chi connectivity index (χ4v) is 5.94. The van der Waals surface area contributed by atoms with Crippen LogP contribution in [0.25, 0.3) is 28.0 Å². The van der Waals surface area contributed by atoms with E-state index < -0.39 is 11.5 Å². The van der Waals surface area contributed by atoms with Crippen molar-refractivity contribution < 1.29 is 14.3 Å². The van der Waals surface area contributed by atoms with Gasteiger partial charge in [0.15, 0.2) is 5.65 Å². The zero-order chi connectivity index (χ0) is 30.3. The predicted octanol–water partition coefficient (Wildman–Crippen LogP) is 5.39. The maximum Gasteiger partial charge on any atom is 0.355 e. The second-order valence-corrected chi connectivity index (χ2v) is 11.3. The van der Waals surface area contributed by atoms with Crippen LogP contribution in [0.15, 0.2) is 59.9 Å². The summed E-state index contributed by atoms with van der Waals surface area (Å²) in [6.45, 7) is 12.6. The molecule has 42 heavy (non-hydrogen) atoms. The van der Waals surface area contributed by atoms with E-state index in [2.05, 4.69) is 11.6 Å². The number of piperazine rings is 1. The molecule has 0 bridgehead atoms. The Morgan fingerprint density at radius 2 is 1.95 bits per heavy atom. The van der Waals surface area contributed by atoms with Gasteiger partial charge in [-0.3, -0.25) is 4.79 Å². The van der Waals surface area contributed by atoms with Crippen LogP contribution in [0.4, 0.5) is 10.2 Å². The Bertz CT molecular complexity index is 1770. The number of hydrogen-bond donors (Lipinski definition) is 1. The van der Waals surface area contributed by atoms with Crippen LogP contribution in [0.1, 0.15) is 43.4 Å². The van der Waals surface area contributed by atoms with Crippen molar-refractivity contribution in [1.82, 2.24) is 19.4 Å². The molecule has 2 aromatic carbocycles. The first-order chi connectivity index (χ1) is 20.0. The molecule has 0 spiro atoms. The molecule has 10 heteroatoms. The molecule has 5 rings (SSSR count). The topological polar surface area (TPSA) is 91.6 Å². The van der Waals surface area contributed by atoms with E-state index in [1.807, 2.05) is 44.7 Å². The number of fused-ring (bicyclic) bond motifs is 1. The molecule has 1 aliphatic heterocycles. The van der Waals surface area contributed by atoms with E-state index in [1.165, 1.54) is 16.7 Å². The van der Waals surface area contributed by atoms with Crippen molar-refractivity contribution in [3.63, 3.8) is 0 Å². The minimum absolute atomic E-state index is 0.000613. The third kappa shape index (κ3) is 5.18. The van der Waals surface area contributed by atoms with Gasteiger partial charge in [-0.05, 0) is 60.7 Å². The van der Waals surface area contributed by atoms with Crippen molar-refractivity contribution in [3.05, 3.63) is 93.1 Å². The Balaban J connectivity index is 1.83. The van der Waals surface area contributed by atoms with Gasteiger partial charge in [-0.2, -0.15) is 4.98 Å². The van der Waals surface area contributed by atoms with Gasteiger partial charge < -0.3 is 14.9 Å². The number of aromatic nitrogens is 3. The van der Waals surface area contributed by atoms with Crippen molar-refractivity contribution in [2.75, 3.05) is 24.5 Å². The van der Waals surface area contributed by atoms with Crippen LogP contribution in [0.5, 0.6) is 0 Å². The number of carbonyl (C=O) groups excluding carboxylic acids is 1. The van der Waals surface area contributed by atoms with Crippen molar-refractivity contribution in [1.29, 1.82) is 0 Å². The number of hydrogen-bond acceptors (Lipinski definition) is 6. The first kappa shape index (κ1) is 29.4. The Morgan fingerprint density at radius 3 is 2.60 bits per heavy atom. The second-order valence-electron chi connectivity index (χ2n) is 10.9. The molecule has 1 unspecified atom stereocenters. The van der Waals surface area contributed by atoms with Crippen LogP contribution >= 0.6 is 11.6 Å². The highest BCUT2D eigenvalue weighted by molar-refractivity contribution is 6.33. The lowest BCUT2D eigenvalue weighted by Gasteiger charge is -2.40. The van der Waals surface area contributed by atoms with Crippen LogP contribution in [0, 0.1) is 12.7 Å². The number of pyridine rings is 1. The molecule has 1 amide bonds. The molecule has 0 saturated carbocycles. The lowest BCUT2D eigenvalue weighted by Crippen LogP contribution is -2.54. The van der Waals surface area contributed by atoms with E-state index in [9.17, 15) is 19.1 Å². The number of carbonyl (C=O) groups is 1. The molecule has 218 valence electrons. The number of aliphatic hydroxyl groups excluding tert-OH is 1. The second kappa shape index (κ2) is 11.7. The highest BCUT2D eigenvalue weighted by atomic mass is 35.5. The van der Waals surface area contributed by atoms with E-state index in [1.54, 1.807) is 29.2 Å². The molecule has 0 aliphatic carbocycles. The summed E-state index contributed by atoms with van der Waals surface area (Å²) in [4.78, 5) is 39.5. The average molecular weight is 590 g/mol. The van der Waals surface area contributed by atoms with Crippen molar-refractivity contribution >= 4 is 34.4 Å². The van der Waals surface area contributed by atoms with Gasteiger partial charge in [-0.15, -0.1) is 0 Å². The summed E-state index contributed by atoms with van der Waals surface area (Å²) in [6, 6.07) is 11.4. The minimum Gasteiger partial charge on any atom is -0.392 e. The Kier molecular flexibility index (Phi) is 8.17. The zero-order valence-corrected chi connectivity index (χ0v) is 24.8. The van der Waals surface area contributed by atoms with Gasteiger partial charge in [0.2, 0.25) is 5.91 Å². The van der Waals surface area contributed by atoms with Crippen molar-refractivity contribution in [2.24, 2.45) is 0 Å². The SMILES string of the molecule is C=CC(=O)N1CCN(c2nc(=O)n(-c3c(C)cc(CO)cc3C(C)C)c3nc(-c4ccccc4F)c(Cl)cc23)C(C)C1. The van der Waals surface area contributed by atoms with Gasteiger partial charge in [-0.1, -0.05) is 56.3 Å². The fraction of sp³-hybridized carbons (Fsp3) is 0.312. The highest BCUT2D eigenvalue weighted by Gasteiger charge is 2.30. The fourth-order valence-electron chi connectivity index (χ4n) is 5.69. The van der Waals surface area contributed by atoms with E-state index >= 15 is 0 Å². The number of nitrogens with zero attached hydrogens (tertiary/aromatic N) is 5. The largest absolute Gasteiger partial charge is 0.392 e. The molecule has 1 saturated heterocycles. The molecule has 4 aromatic rings. The van der Waals surface area contributed by atoms with Crippen LogP contribution in [-0.2, 0) is 11.4 Å². The number of amides is 1. The maximum atomic E-state index is 15.0. The predicted molar refractivity (Wildman–Crippen MR) is 164 cm³/mol. The number of rotatable bonds is 6. The van der Waals surface area contributed by atoms with E-state index in [0.29, 0.717) is 36.5 Å². The summed E-state index contributed by atoms with van der Waals surface area (Å²) in [5.41, 5.74) is 3.09. The van der Waals surface area contributed by atoms with Crippen LogP contribution < -0.4 is 10.6 Å². The van der Waals surface area contributed by atoms with Crippen LogP contribution in [0.2, 0.25) is 5.02 Å². The maximum absolute atomic E-state index is 15.0. The molecule has 0 radical (unpaired) electrons. The zero-order valence-electron chi connectivity index (χ0n) is 24.1. The Labute approximate surface area is 248 Å². The number of halogens is 2. The molecular weight excluding hydrogens is 557 g/mol. The number of aryl methyl sites for hydroxylation is 1. The first-order valence-corrected chi connectivity index (χ1v) is 14.2. The molecular formula is C32H33ClFN5O3. The third-order valence-corrected chi connectivity index (χ3v) is 8.02. The van der Waals surface area contributed by atoms with Crippen LogP contribution in [-0.4, -0.2) is 56.1 Å². The summed E-state index contributed by atoms with van der Waals surface area (Å²) in [5, 5.41) is 10.6. The number of anilines is 1. The van der Waals surface area contributed by atoms with E-state index in [-0.39, 0.29) is 46.4 Å². The van der Waals surface area contributed by atoms with E-state index in [0.717, 1.165) is 16.7 Å². The minimum atomic E-state index is -0.551. The summed E-state index contributed by atoms with van der Waals surface area (Å²) < 4.78 is 16.4. The van der Waals surface area contributed by atoms with Gasteiger partial charge in [0, 0.05) is 31.2 Å². The summed E-state index contributed by atoms with van der Waals surface area (Å²) in [6.07, 6.45) is 1.29.